The van der Waals surface area contributed by atoms with Crippen molar-refractivity contribution in [2.24, 2.45) is 5.84 Å². The van der Waals surface area contributed by atoms with Crippen LogP contribution in [0.3, 0.4) is 0 Å². The van der Waals surface area contributed by atoms with E-state index in [0.29, 0.717) is 11.1 Å². The van der Waals surface area contributed by atoms with Crippen LogP contribution in [0.5, 0.6) is 0 Å². The van der Waals surface area contributed by atoms with Crippen molar-refractivity contribution in [1.82, 2.24) is 5.43 Å². The Morgan fingerprint density at radius 3 is 2.80 bits per heavy atom. The zero-order chi connectivity index (χ0) is 11.3. The summed E-state index contributed by atoms with van der Waals surface area (Å²) < 4.78 is 13.8. The fraction of sp³-hybridized carbons (Fsp3) is 0.500. The van der Waals surface area contributed by atoms with Gasteiger partial charge < -0.3 is 0 Å². The maximum Gasteiger partial charge on any atom is 0.130 e. The van der Waals surface area contributed by atoms with Gasteiger partial charge in [0.1, 0.15) is 5.82 Å². The molecule has 1 rings (SSSR count). The predicted molar refractivity (Wildman–Crippen MR) is 60.7 cm³/mol. The zero-order valence-corrected chi connectivity index (χ0v) is 9.39. The van der Waals surface area contributed by atoms with Crippen molar-refractivity contribution in [2.45, 2.75) is 39.2 Å². The Balaban J connectivity index is 2.86. The lowest BCUT2D eigenvalue weighted by molar-refractivity contribution is 0.468. The molecular weight excluding hydrogens is 191 g/mol. The fourth-order valence-corrected chi connectivity index (χ4v) is 1.68. The number of hydrogen-bond acceptors (Lipinski definition) is 2. The Morgan fingerprint density at radius 2 is 2.20 bits per heavy atom. The average Bonchev–Trinajstić information content (AvgIpc) is 2.25. The Bertz CT molecular complexity index is 312. The lowest BCUT2D eigenvalue weighted by Crippen LogP contribution is -2.28. The van der Waals surface area contributed by atoms with E-state index in [1.54, 1.807) is 19.1 Å². The third-order valence-corrected chi connectivity index (χ3v) is 2.64. The lowest BCUT2D eigenvalue weighted by Gasteiger charge is -2.17. The van der Waals surface area contributed by atoms with Gasteiger partial charge in [-0.2, -0.15) is 0 Å². The molecule has 0 aliphatic carbocycles. The molecule has 0 spiro atoms. The van der Waals surface area contributed by atoms with Crippen molar-refractivity contribution < 1.29 is 4.39 Å². The highest BCUT2D eigenvalue weighted by Gasteiger charge is 2.14. The van der Waals surface area contributed by atoms with Crippen molar-refractivity contribution in [1.29, 1.82) is 0 Å². The number of hydrogen-bond donors (Lipinski definition) is 2. The molecule has 15 heavy (non-hydrogen) atoms. The van der Waals surface area contributed by atoms with E-state index in [2.05, 4.69) is 12.3 Å². The van der Waals surface area contributed by atoms with E-state index in [1.807, 2.05) is 6.07 Å². The van der Waals surface area contributed by atoms with Gasteiger partial charge in [-0.05, 0) is 18.9 Å². The van der Waals surface area contributed by atoms with Gasteiger partial charge in [-0.3, -0.25) is 11.3 Å². The topological polar surface area (TPSA) is 38.0 Å². The molecule has 1 atom stereocenters. The van der Waals surface area contributed by atoms with Gasteiger partial charge in [0.25, 0.3) is 0 Å². The molecule has 3 N–H and O–H groups in total. The molecule has 0 saturated carbocycles. The van der Waals surface area contributed by atoms with Crippen molar-refractivity contribution in [2.75, 3.05) is 0 Å². The fourth-order valence-electron chi connectivity index (χ4n) is 1.68. The van der Waals surface area contributed by atoms with Gasteiger partial charge in [-0.15, -0.1) is 0 Å². The Hall–Kier alpha value is -0.930. The molecule has 0 fully saturated rings. The number of aryl methyl sites for hydroxylation is 1. The van der Waals surface area contributed by atoms with E-state index in [-0.39, 0.29) is 11.9 Å². The minimum atomic E-state index is -0.142. The van der Waals surface area contributed by atoms with Crippen LogP contribution in [0, 0.1) is 12.7 Å². The molecule has 0 heterocycles. The average molecular weight is 210 g/mol. The minimum Gasteiger partial charge on any atom is -0.271 e. The van der Waals surface area contributed by atoms with Gasteiger partial charge >= 0.3 is 0 Å². The molecule has 0 aromatic heterocycles. The summed E-state index contributed by atoms with van der Waals surface area (Å²) in [6, 6.07) is 5.35. The van der Waals surface area contributed by atoms with E-state index >= 15 is 0 Å². The molecule has 2 nitrogen and oxygen atoms in total. The Kier molecular flexibility index (Phi) is 4.72. The molecule has 0 aliphatic rings. The second-order valence-corrected chi connectivity index (χ2v) is 3.84. The summed E-state index contributed by atoms with van der Waals surface area (Å²) in [5, 5.41) is 0. The van der Waals surface area contributed by atoms with Crippen LogP contribution in [-0.2, 0) is 0 Å². The SMILES string of the molecule is CCCCC(NN)c1cccc(C)c1F. The molecule has 0 aliphatic heterocycles. The van der Waals surface area contributed by atoms with Crippen LogP contribution in [-0.4, -0.2) is 0 Å². The van der Waals surface area contributed by atoms with Gasteiger partial charge in [0.15, 0.2) is 0 Å². The second-order valence-electron chi connectivity index (χ2n) is 3.84. The van der Waals surface area contributed by atoms with Crippen LogP contribution in [0.25, 0.3) is 0 Å². The van der Waals surface area contributed by atoms with Gasteiger partial charge in [0.2, 0.25) is 0 Å². The van der Waals surface area contributed by atoms with Gasteiger partial charge in [0.05, 0.1) is 0 Å². The van der Waals surface area contributed by atoms with E-state index in [9.17, 15) is 4.39 Å². The number of rotatable bonds is 5. The summed E-state index contributed by atoms with van der Waals surface area (Å²) in [5.41, 5.74) is 4.02. The number of benzene rings is 1. The van der Waals surface area contributed by atoms with Crippen LogP contribution in [0.2, 0.25) is 0 Å². The summed E-state index contributed by atoms with van der Waals surface area (Å²) in [5.74, 6) is 5.31. The van der Waals surface area contributed by atoms with Crippen LogP contribution >= 0.6 is 0 Å². The smallest absolute Gasteiger partial charge is 0.130 e. The summed E-state index contributed by atoms with van der Waals surface area (Å²) in [7, 11) is 0. The van der Waals surface area contributed by atoms with Crippen molar-refractivity contribution >= 4 is 0 Å². The number of unbranched alkanes of at least 4 members (excludes halogenated alkanes) is 1. The molecule has 84 valence electrons. The summed E-state index contributed by atoms with van der Waals surface area (Å²) in [6.45, 7) is 3.88. The second kappa shape index (κ2) is 5.83. The molecule has 0 amide bonds. The quantitative estimate of drug-likeness (QED) is 0.579. The van der Waals surface area contributed by atoms with Crippen molar-refractivity contribution in [3.05, 3.63) is 35.1 Å². The monoisotopic (exact) mass is 210 g/mol. The first-order valence-corrected chi connectivity index (χ1v) is 5.41. The van der Waals surface area contributed by atoms with E-state index in [1.165, 1.54) is 0 Å². The first kappa shape index (κ1) is 12.1. The molecule has 0 saturated heterocycles. The number of nitrogens with two attached hydrogens (primary N) is 1. The Labute approximate surface area is 90.6 Å². The number of halogens is 1. The summed E-state index contributed by atoms with van der Waals surface area (Å²) >= 11 is 0. The highest BCUT2D eigenvalue weighted by atomic mass is 19.1. The molecule has 0 radical (unpaired) electrons. The predicted octanol–water partition coefficient (Wildman–Crippen LogP) is 2.83. The summed E-state index contributed by atoms with van der Waals surface area (Å²) in [4.78, 5) is 0. The largest absolute Gasteiger partial charge is 0.271 e. The molecular formula is C12H19FN2. The molecule has 1 aromatic carbocycles. The standard InChI is InChI=1S/C12H19FN2/c1-3-4-8-11(15-14)10-7-5-6-9(2)12(10)13/h5-7,11,15H,3-4,8,14H2,1-2H3. The molecule has 1 unspecified atom stereocenters. The van der Waals surface area contributed by atoms with E-state index in [4.69, 9.17) is 5.84 Å². The highest BCUT2D eigenvalue weighted by Crippen LogP contribution is 2.23. The zero-order valence-electron chi connectivity index (χ0n) is 9.39. The first-order chi connectivity index (χ1) is 7.20. The van der Waals surface area contributed by atoms with Crippen LogP contribution in [0.1, 0.15) is 43.4 Å². The number of hydrazine groups is 1. The third kappa shape index (κ3) is 3.01. The molecule has 0 bridgehead atoms. The van der Waals surface area contributed by atoms with Gasteiger partial charge in [-0.1, -0.05) is 38.0 Å². The van der Waals surface area contributed by atoms with Crippen molar-refractivity contribution in [3.8, 4) is 0 Å². The van der Waals surface area contributed by atoms with Crippen LogP contribution in [0.15, 0.2) is 18.2 Å². The summed E-state index contributed by atoms with van der Waals surface area (Å²) in [6.07, 6.45) is 3.00. The molecule has 3 heteroatoms. The third-order valence-electron chi connectivity index (χ3n) is 2.64. The maximum absolute atomic E-state index is 13.8. The molecule has 1 aromatic rings. The van der Waals surface area contributed by atoms with Crippen LogP contribution in [0.4, 0.5) is 4.39 Å². The Morgan fingerprint density at radius 1 is 1.47 bits per heavy atom. The van der Waals surface area contributed by atoms with Crippen LogP contribution < -0.4 is 11.3 Å². The van der Waals surface area contributed by atoms with Crippen molar-refractivity contribution in [3.63, 3.8) is 0 Å². The van der Waals surface area contributed by atoms with Gasteiger partial charge in [-0.25, -0.2) is 4.39 Å². The lowest BCUT2D eigenvalue weighted by atomic mass is 9.99. The normalized spacial score (nSPS) is 12.8. The maximum atomic E-state index is 13.8. The first-order valence-electron chi connectivity index (χ1n) is 5.41. The van der Waals surface area contributed by atoms with E-state index < -0.39 is 0 Å². The minimum absolute atomic E-state index is 0.0788. The van der Waals surface area contributed by atoms with E-state index in [0.717, 1.165) is 19.3 Å². The van der Waals surface area contributed by atoms with Gasteiger partial charge in [0, 0.05) is 11.6 Å². The highest BCUT2D eigenvalue weighted by molar-refractivity contribution is 5.27. The number of nitrogens with one attached hydrogen (secondary N) is 1.